The summed E-state index contributed by atoms with van der Waals surface area (Å²) in [7, 11) is 0. The van der Waals surface area contributed by atoms with Crippen molar-refractivity contribution in [3.63, 3.8) is 0 Å². The number of ketones is 1. The first-order valence-electron chi connectivity index (χ1n) is 4.96. The average molecular weight is 242 g/mol. The van der Waals surface area contributed by atoms with Gasteiger partial charge >= 0.3 is 0 Å². The summed E-state index contributed by atoms with van der Waals surface area (Å²) >= 11 is 5.88. The first-order chi connectivity index (χ1) is 7.61. The Morgan fingerprint density at radius 2 is 2.00 bits per heavy atom. The lowest BCUT2D eigenvalue weighted by molar-refractivity contribution is -0.480. The van der Waals surface area contributed by atoms with Gasteiger partial charge in [-0.2, -0.15) is 0 Å². The second-order valence-corrected chi connectivity index (χ2v) is 3.92. The summed E-state index contributed by atoms with van der Waals surface area (Å²) in [6, 6.07) is 8.70. The second-order valence-electron chi connectivity index (χ2n) is 3.40. The molecule has 0 saturated carbocycles. The van der Waals surface area contributed by atoms with Gasteiger partial charge in [-0.25, -0.2) is 0 Å². The monoisotopic (exact) mass is 241 g/mol. The molecule has 0 heterocycles. The third-order valence-corrected chi connectivity index (χ3v) is 2.56. The molecule has 0 aliphatic carbocycles. The van der Waals surface area contributed by atoms with E-state index in [1.807, 2.05) is 6.07 Å². The molecule has 86 valence electrons. The SMILES string of the molecule is O=C(c1ccccc1)C(Cl)CCC[N+](=O)[O-]. The topological polar surface area (TPSA) is 60.2 Å². The van der Waals surface area contributed by atoms with Gasteiger partial charge in [0.2, 0.25) is 6.54 Å². The van der Waals surface area contributed by atoms with Crippen molar-refractivity contribution in [2.24, 2.45) is 0 Å². The number of alkyl halides is 1. The van der Waals surface area contributed by atoms with Crippen molar-refractivity contribution in [3.05, 3.63) is 46.0 Å². The quantitative estimate of drug-likeness (QED) is 0.333. The maximum absolute atomic E-state index is 11.7. The van der Waals surface area contributed by atoms with Crippen LogP contribution in [0.3, 0.4) is 0 Å². The van der Waals surface area contributed by atoms with E-state index in [4.69, 9.17) is 11.6 Å². The Labute approximate surface area is 98.4 Å². The first kappa shape index (κ1) is 12.6. The summed E-state index contributed by atoms with van der Waals surface area (Å²) < 4.78 is 0. The van der Waals surface area contributed by atoms with Gasteiger partial charge < -0.3 is 0 Å². The van der Waals surface area contributed by atoms with E-state index in [9.17, 15) is 14.9 Å². The molecule has 1 atom stereocenters. The third-order valence-electron chi connectivity index (χ3n) is 2.14. The maximum atomic E-state index is 11.7. The number of nitro groups is 1. The van der Waals surface area contributed by atoms with Gasteiger partial charge in [0.1, 0.15) is 0 Å². The van der Waals surface area contributed by atoms with Crippen LogP contribution in [-0.4, -0.2) is 22.6 Å². The summed E-state index contributed by atoms with van der Waals surface area (Å²) in [4.78, 5) is 21.4. The standard InChI is InChI=1S/C11H12ClNO3/c12-10(7-4-8-13(15)16)11(14)9-5-2-1-3-6-9/h1-3,5-6,10H,4,7-8H2. The predicted molar refractivity (Wildman–Crippen MR) is 61.5 cm³/mol. The van der Waals surface area contributed by atoms with E-state index in [0.717, 1.165) is 0 Å². The minimum atomic E-state index is -0.678. The average Bonchev–Trinajstić information content (AvgIpc) is 2.28. The molecule has 0 radical (unpaired) electrons. The Bertz CT molecular complexity index is 367. The Morgan fingerprint density at radius 1 is 1.38 bits per heavy atom. The minimum Gasteiger partial charge on any atom is -0.293 e. The molecule has 0 aliphatic heterocycles. The first-order valence-corrected chi connectivity index (χ1v) is 5.40. The molecule has 1 aromatic rings. The number of nitrogens with zero attached hydrogens (tertiary/aromatic N) is 1. The molecule has 1 rings (SSSR count). The van der Waals surface area contributed by atoms with Gasteiger partial charge in [-0.1, -0.05) is 30.3 Å². The van der Waals surface area contributed by atoms with Crippen molar-refractivity contribution in [2.75, 3.05) is 6.54 Å². The zero-order chi connectivity index (χ0) is 12.0. The van der Waals surface area contributed by atoms with Crippen LogP contribution in [0.15, 0.2) is 30.3 Å². The highest BCUT2D eigenvalue weighted by molar-refractivity contribution is 6.33. The van der Waals surface area contributed by atoms with Crippen molar-refractivity contribution in [3.8, 4) is 0 Å². The van der Waals surface area contributed by atoms with E-state index >= 15 is 0 Å². The number of Topliss-reactive ketones (excluding diaryl/α,β-unsaturated/α-hetero) is 1. The molecule has 0 aromatic heterocycles. The van der Waals surface area contributed by atoms with Crippen LogP contribution < -0.4 is 0 Å². The number of benzene rings is 1. The van der Waals surface area contributed by atoms with E-state index in [-0.39, 0.29) is 12.3 Å². The number of carbonyl (C=O) groups excluding carboxylic acids is 1. The van der Waals surface area contributed by atoms with Crippen LogP contribution in [0.5, 0.6) is 0 Å². The Balaban J connectivity index is 2.45. The molecule has 0 bridgehead atoms. The van der Waals surface area contributed by atoms with Crippen molar-refractivity contribution in [2.45, 2.75) is 18.2 Å². The van der Waals surface area contributed by atoms with E-state index in [1.54, 1.807) is 24.3 Å². The molecular formula is C11H12ClNO3. The highest BCUT2D eigenvalue weighted by Gasteiger charge is 2.17. The summed E-state index contributed by atoms with van der Waals surface area (Å²) in [6.07, 6.45) is 0.649. The van der Waals surface area contributed by atoms with E-state index in [0.29, 0.717) is 18.4 Å². The van der Waals surface area contributed by atoms with Crippen molar-refractivity contribution in [1.29, 1.82) is 0 Å². The van der Waals surface area contributed by atoms with Crippen LogP contribution in [0.4, 0.5) is 0 Å². The highest BCUT2D eigenvalue weighted by Crippen LogP contribution is 2.13. The fourth-order valence-corrected chi connectivity index (χ4v) is 1.59. The van der Waals surface area contributed by atoms with Crippen molar-refractivity contribution < 1.29 is 9.72 Å². The number of halogens is 1. The molecule has 1 aromatic carbocycles. The lowest BCUT2D eigenvalue weighted by Gasteiger charge is -2.06. The van der Waals surface area contributed by atoms with Crippen molar-refractivity contribution in [1.82, 2.24) is 0 Å². The summed E-state index contributed by atoms with van der Waals surface area (Å²) in [5, 5.41) is 9.42. The highest BCUT2D eigenvalue weighted by atomic mass is 35.5. The lowest BCUT2D eigenvalue weighted by Crippen LogP contribution is -2.16. The Hall–Kier alpha value is -1.42. The fourth-order valence-electron chi connectivity index (χ4n) is 1.31. The van der Waals surface area contributed by atoms with E-state index < -0.39 is 10.3 Å². The molecule has 0 fully saturated rings. The predicted octanol–water partition coefficient (Wildman–Crippen LogP) is 2.53. The second kappa shape index (κ2) is 6.23. The minimum absolute atomic E-state index is 0.148. The smallest absolute Gasteiger partial charge is 0.203 e. The Morgan fingerprint density at radius 3 is 2.56 bits per heavy atom. The van der Waals surface area contributed by atoms with Crippen LogP contribution in [-0.2, 0) is 0 Å². The van der Waals surface area contributed by atoms with E-state index in [1.165, 1.54) is 0 Å². The summed E-state index contributed by atoms with van der Waals surface area (Å²) in [6.45, 7) is -0.148. The Kier molecular flexibility index (Phi) is 4.92. The van der Waals surface area contributed by atoms with Crippen LogP contribution >= 0.6 is 11.6 Å². The zero-order valence-electron chi connectivity index (χ0n) is 8.64. The lowest BCUT2D eigenvalue weighted by atomic mass is 10.1. The van der Waals surface area contributed by atoms with Crippen LogP contribution in [0, 0.1) is 10.1 Å². The molecule has 0 spiro atoms. The van der Waals surface area contributed by atoms with Crippen molar-refractivity contribution >= 4 is 17.4 Å². The number of hydrogen-bond acceptors (Lipinski definition) is 3. The molecule has 0 N–H and O–H groups in total. The van der Waals surface area contributed by atoms with Crippen LogP contribution in [0.1, 0.15) is 23.2 Å². The summed E-state index contributed by atoms with van der Waals surface area (Å²) in [5.41, 5.74) is 0.545. The molecule has 0 saturated heterocycles. The molecule has 1 unspecified atom stereocenters. The molecule has 5 heteroatoms. The third kappa shape index (κ3) is 3.98. The van der Waals surface area contributed by atoms with E-state index in [2.05, 4.69) is 0 Å². The molecule has 16 heavy (non-hydrogen) atoms. The summed E-state index contributed by atoms with van der Waals surface area (Å²) in [5.74, 6) is -0.175. The van der Waals surface area contributed by atoms with Gasteiger partial charge in [-0.15, -0.1) is 11.6 Å². The molecule has 4 nitrogen and oxygen atoms in total. The normalized spacial score (nSPS) is 12.1. The van der Waals surface area contributed by atoms with Gasteiger partial charge in [0, 0.05) is 16.9 Å². The molecule has 0 aliphatic rings. The van der Waals surface area contributed by atoms with Gasteiger partial charge in [0.05, 0.1) is 5.38 Å². The fraction of sp³-hybridized carbons (Fsp3) is 0.364. The van der Waals surface area contributed by atoms with Gasteiger partial charge in [0.25, 0.3) is 0 Å². The number of rotatable bonds is 6. The molecular weight excluding hydrogens is 230 g/mol. The number of carbonyl (C=O) groups is 1. The van der Waals surface area contributed by atoms with Gasteiger partial charge in [0.15, 0.2) is 5.78 Å². The van der Waals surface area contributed by atoms with Gasteiger partial charge in [-0.05, 0) is 6.42 Å². The largest absolute Gasteiger partial charge is 0.293 e. The zero-order valence-corrected chi connectivity index (χ0v) is 9.39. The van der Waals surface area contributed by atoms with Crippen LogP contribution in [0.25, 0.3) is 0 Å². The molecule has 0 amide bonds. The number of hydrogen-bond donors (Lipinski definition) is 0. The van der Waals surface area contributed by atoms with Gasteiger partial charge in [-0.3, -0.25) is 14.9 Å². The van der Waals surface area contributed by atoms with Crippen LogP contribution in [0.2, 0.25) is 0 Å². The maximum Gasteiger partial charge on any atom is 0.203 e.